The van der Waals surface area contributed by atoms with Crippen molar-refractivity contribution < 1.29 is 29.5 Å². The molecule has 0 unspecified atom stereocenters. The van der Waals surface area contributed by atoms with E-state index in [1.807, 2.05) is 24.3 Å². The molecule has 2 aliphatic heterocycles. The van der Waals surface area contributed by atoms with Crippen LogP contribution < -0.4 is 19.3 Å². The average molecular weight is 367 g/mol. The number of rotatable bonds is 10. The molecule has 6 heteroatoms. The van der Waals surface area contributed by atoms with E-state index in [4.69, 9.17) is 9.47 Å². The van der Waals surface area contributed by atoms with Crippen LogP contribution in [0.4, 0.5) is 0 Å². The van der Waals surface area contributed by atoms with Crippen molar-refractivity contribution in [3.63, 3.8) is 0 Å². The molecule has 3 rings (SSSR count). The zero-order chi connectivity index (χ0) is 18.2. The summed E-state index contributed by atoms with van der Waals surface area (Å²) in [4.78, 5) is 2.93. The number of likely N-dealkylation sites (tertiary alicyclic amines) is 2. The zero-order valence-electron chi connectivity index (χ0n) is 15.7. The fourth-order valence-electron chi connectivity index (χ4n) is 3.98. The van der Waals surface area contributed by atoms with Crippen molar-refractivity contribution in [2.45, 2.75) is 37.9 Å². The third-order valence-electron chi connectivity index (χ3n) is 5.36. The number of quaternary nitrogens is 2. The third-order valence-corrected chi connectivity index (χ3v) is 5.36. The Morgan fingerprint density at radius 1 is 0.769 bits per heavy atom. The first-order valence-corrected chi connectivity index (χ1v) is 10.1. The van der Waals surface area contributed by atoms with Gasteiger partial charge >= 0.3 is 0 Å². The van der Waals surface area contributed by atoms with Crippen LogP contribution >= 0.6 is 0 Å². The van der Waals surface area contributed by atoms with Gasteiger partial charge in [-0.15, -0.1) is 0 Å². The molecule has 2 heterocycles. The molecule has 26 heavy (non-hydrogen) atoms. The van der Waals surface area contributed by atoms with Gasteiger partial charge in [0, 0.05) is 31.7 Å². The first kappa shape index (κ1) is 19.4. The monoisotopic (exact) mass is 366 g/mol. The highest BCUT2D eigenvalue weighted by Gasteiger charge is 2.21. The molecule has 146 valence electrons. The van der Waals surface area contributed by atoms with E-state index in [2.05, 4.69) is 0 Å². The Morgan fingerprint density at radius 3 is 1.62 bits per heavy atom. The SMILES string of the molecule is O[C@H](COc1cccc(OC[C@H](O)C[NH+]2CCCC2)c1)C[NH+]1CCCC1. The topological polar surface area (TPSA) is 67.8 Å². The first-order valence-electron chi connectivity index (χ1n) is 10.1. The third kappa shape index (κ3) is 6.43. The number of hydrogen-bond donors (Lipinski definition) is 4. The van der Waals surface area contributed by atoms with Crippen molar-refractivity contribution in [2.75, 3.05) is 52.5 Å². The number of aliphatic hydroxyl groups excluding tert-OH is 2. The highest BCUT2D eigenvalue weighted by molar-refractivity contribution is 5.32. The molecule has 0 aliphatic carbocycles. The Balaban J connectivity index is 1.37. The predicted octanol–water partition coefficient (Wildman–Crippen LogP) is -1.48. The van der Waals surface area contributed by atoms with Gasteiger partial charge in [-0.25, -0.2) is 0 Å². The molecule has 1 aromatic rings. The second-order valence-electron chi connectivity index (χ2n) is 7.73. The lowest BCUT2D eigenvalue weighted by Gasteiger charge is -2.18. The van der Waals surface area contributed by atoms with Crippen molar-refractivity contribution in [3.8, 4) is 11.5 Å². The fourth-order valence-corrected chi connectivity index (χ4v) is 3.98. The van der Waals surface area contributed by atoms with Crippen molar-refractivity contribution in [3.05, 3.63) is 24.3 Å². The molecule has 0 aromatic heterocycles. The number of aliphatic hydroxyl groups is 2. The number of nitrogens with one attached hydrogen (secondary N) is 2. The lowest BCUT2D eigenvalue weighted by Crippen LogP contribution is -3.11. The predicted molar refractivity (Wildman–Crippen MR) is 99.0 cm³/mol. The minimum absolute atomic E-state index is 0.300. The van der Waals surface area contributed by atoms with Gasteiger partial charge in [0.25, 0.3) is 0 Å². The van der Waals surface area contributed by atoms with Crippen LogP contribution in [0, 0.1) is 0 Å². The van der Waals surface area contributed by atoms with Crippen LogP contribution in [-0.2, 0) is 0 Å². The van der Waals surface area contributed by atoms with Gasteiger partial charge in [0.05, 0.1) is 26.2 Å². The zero-order valence-corrected chi connectivity index (χ0v) is 15.7. The van der Waals surface area contributed by atoms with Crippen molar-refractivity contribution in [1.82, 2.24) is 0 Å². The Morgan fingerprint density at radius 2 is 1.19 bits per heavy atom. The van der Waals surface area contributed by atoms with Crippen LogP contribution in [0.3, 0.4) is 0 Å². The summed E-state index contributed by atoms with van der Waals surface area (Å²) in [5, 5.41) is 20.3. The molecule has 0 spiro atoms. The molecule has 2 fully saturated rings. The van der Waals surface area contributed by atoms with Crippen LogP contribution in [0.1, 0.15) is 25.7 Å². The summed E-state index contributed by atoms with van der Waals surface area (Å²) < 4.78 is 11.4. The first-order chi connectivity index (χ1) is 12.7. The molecule has 4 N–H and O–H groups in total. The van der Waals surface area contributed by atoms with Crippen LogP contribution in [0.15, 0.2) is 24.3 Å². The minimum atomic E-state index is -0.446. The Hall–Kier alpha value is -1.34. The maximum Gasteiger partial charge on any atom is 0.137 e. The molecule has 0 saturated carbocycles. The molecule has 0 amide bonds. The minimum Gasteiger partial charge on any atom is -0.491 e. The molecule has 2 aliphatic rings. The van der Waals surface area contributed by atoms with Crippen molar-refractivity contribution in [1.29, 1.82) is 0 Å². The average Bonchev–Trinajstić information content (AvgIpc) is 3.33. The van der Waals surface area contributed by atoms with E-state index < -0.39 is 12.2 Å². The molecule has 1 aromatic carbocycles. The van der Waals surface area contributed by atoms with Gasteiger partial charge in [-0.1, -0.05) is 6.07 Å². The van der Waals surface area contributed by atoms with E-state index in [9.17, 15) is 10.2 Å². The van der Waals surface area contributed by atoms with Crippen LogP contribution in [0.2, 0.25) is 0 Å². The summed E-state index contributed by atoms with van der Waals surface area (Å²) in [6.07, 6.45) is 4.14. The van der Waals surface area contributed by atoms with E-state index in [0.29, 0.717) is 24.7 Å². The summed E-state index contributed by atoms with van der Waals surface area (Å²) in [5.74, 6) is 1.38. The van der Waals surface area contributed by atoms with Crippen LogP contribution in [0.25, 0.3) is 0 Å². The second kappa shape index (κ2) is 10.1. The number of benzene rings is 1. The van der Waals surface area contributed by atoms with Gasteiger partial charge in [0.1, 0.15) is 50.0 Å². The van der Waals surface area contributed by atoms with E-state index in [1.165, 1.54) is 35.5 Å². The van der Waals surface area contributed by atoms with E-state index in [1.54, 1.807) is 0 Å². The van der Waals surface area contributed by atoms with E-state index in [-0.39, 0.29) is 0 Å². The van der Waals surface area contributed by atoms with Gasteiger partial charge in [-0.2, -0.15) is 0 Å². The van der Waals surface area contributed by atoms with Gasteiger partial charge in [0.2, 0.25) is 0 Å². The molecule has 0 radical (unpaired) electrons. The highest BCUT2D eigenvalue weighted by atomic mass is 16.5. The lowest BCUT2D eigenvalue weighted by atomic mass is 10.3. The summed E-state index contributed by atoms with van der Waals surface area (Å²) >= 11 is 0. The van der Waals surface area contributed by atoms with Crippen molar-refractivity contribution in [2.24, 2.45) is 0 Å². The lowest BCUT2D eigenvalue weighted by molar-refractivity contribution is -0.890. The smallest absolute Gasteiger partial charge is 0.137 e. The largest absolute Gasteiger partial charge is 0.491 e. The van der Waals surface area contributed by atoms with E-state index >= 15 is 0 Å². The quantitative estimate of drug-likeness (QED) is 0.408. The number of hydrogen-bond acceptors (Lipinski definition) is 4. The van der Waals surface area contributed by atoms with Gasteiger partial charge in [-0.3, -0.25) is 0 Å². The summed E-state index contributed by atoms with van der Waals surface area (Å²) in [7, 11) is 0. The Labute approximate surface area is 156 Å². The summed E-state index contributed by atoms with van der Waals surface area (Å²) in [6.45, 7) is 6.72. The van der Waals surface area contributed by atoms with Gasteiger partial charge < -0.3 is 29.5 Å². The van der Waals surface area contributed by atoms with Crippen LogP contribution in [0.5, 0.6) is 11.5 Å². The van der Waals surface area contributed by atoms with Crippen molar-refractivity contribution >= 4 is 0 Å². The van der Waals surface area contributed by atoms with Gasteiger partial charge in [-0.05, 0) is 12.1 Å². The molecular weight excluding hydrogens is 332 g/mol. The molecule has 0 bridgehead atoms. The maximum absolute atomic E-state index is 10.1. The van der Waals surface area contributed by atoms with E-state index in [0.717, 1.165) is 39.3 Å². The highest BCUT2D eigenvalue weighted by Crippen LogP contribution is 2.19. The molecule has 2 atom stereocenters. The molecular formula is C20H34N2O4+2. The van der Waals surface area contributed by atoms with Crippen LogP contribution in [-0.4, -0.2) is 74.9 Å². The molecule has 6 nitrogen and oxygen atoms in total. The Kier molecular flexibility index (Phi) is 7.55. The summed E-state index contributed by atoms with van der Waals surface area (Å²) in [6, 6.07) is 7.44. The molecule has 2 saturated heterocycles. The second-order valence-corrected chi connectivity index (χ2v) is 7.73. The number of ether oxygens (including phenoxy) is 2. The maximum atomic E-state index is 10.1. The Bertz CT molecular complexity index is 487. The standard InChI is InChI=1S/C20H32N2O4/c23-17(13-21-8-1-2-9-21)15-25-19-6-5-7-20(12-19)26-16-18(24)14-22-10-3-4-11-22/h5-7,12,17-18,23-24H,1-4,8-11,13-16H2/p+2/t17-,18+. The fraction of sp³-hybridized carbons (Fsp3) is 0.700. The normalized spacial score (nSPS) is 21.0. The van der Waals surface area contributed by atoms with Gasteiger partial charge in [0.15, 0.2) is 0 Å². The summed E-state index contributed by atoms with van der Waals surface area (Å²) in [5.41, 5.74) is 0.